The molecule has 1 saturated heterocycles. The fourth-order valence-corrected chi connectivity index (χ4v) is 2.16. The van der Waals surface area contributed by atoms with Gasteiger partial charge in [0.2, 0.25) is 11.8 Å². The highest BCUT2D eigenvalue weighted by Gasteiger charge is 2.29. The molecule has 0 aliphatic carbocycles. The zero-order valence-corrected chi connectivity index (χ0v) is 11.8. The molecule has 1 N–H and O–H groups in total. The molecular weight excluding hydrogens is 293 g/mol. The van der Waals surface area contributed by atoms with Crippen LogP contribution in [0.3, 0.4) is 0 Å². The number of carbonyl (C=O) groups excluding carboxylic acids is 2. The van der Waals surface area contributed by atoms with Crippen molar-refractivity contribution in [2.24, 2.45) is 0 Å². The predicted octanol–water partition coefficient (Wildman–Crippen LogP) is 1.09. The van der Waals surface area contributed by atoms with Crippen LogP contribution < -0.4 is 5.32 Å². The maximum Gasteiger partial charge on any atom is 0.279 e. The zero-order valence-electron chi connectivity index (χ0n) is 11.8. The molecule has 0 aromatic heterocycles. The topological polar surface area (TPSA) is 92.6 Å². The Morgan fingerprint density at radius 2 is 2.27 bits per heavy atom. The maximum atomic E-state index is 13.0. The Balaban J connectivity index is 2.07. The van der Waals surface area contributed by atoms with Gasteiger partial charge in [-0.3, -0.25) is 19.7 Å². The summed E-state index contributed by atoms with van der Waals surface area (Å²) in [5.74, 6) is -1.44. The van der Waals surface area contributed by atoms with Gasteiger partial charge < -0.3 is 10.2 Å². The second-order valence-corrected chi connectivity index (χ2v) is 4.90. The summed E-state index contributed by atoms with van der Waals surface area (Å²) in [4.78, 5) is 35.0. The Bertz CT molecular complexity index is 659. The van der Waals surface area contributed by atoms with Gasteiger partial charge in [-0.15, -0.1) is 0 Å². The second kappa shape index (κ2) is 6.33. The first-order chi connectivity index (χ1) is 10.4. The van der Waals surface area contributed by atoms with Gasteiger partial charge in [-0.05, 0) is 24.6 Å². The fraction of sp³-hybridized carbons (Fsp3) is 0.286. The van der Waals surface area contributed by atoms with Gasteiger partial charge in [0.25, 0.3) is 5.69 Å². The van der Waals surface area contributed by atoms with E-state index in [1.54, 1.807) is 7.05 Å². The first-order valence-electron chi connectivity index (χ1n) is 6.56. The molecule has 1 unspecified atom stereocenters. The second-order valence-electron chi connectivity index (χ2n) is 4.90. The third-order valence-corrected chi connectivity index (χ3v) is 3.35. The Kier molecular flexibility index (Phi) is 4.50. The van der Waals surface area contributed by atoms with Crippen LogP contribution in [-0.2, 0) is 9.59 Å². The molecule has 1 aliphatic rings. The quantitative estimate of drug-likeness (QED) is 0.512. The lowest BCUT2D eigenvalue weighted by atomic mass is 10.1. The zero-order chi connectivity index (χ0) is 16.3. The lowest BCUT2D eigenvalue weighted by Gasteiger charge is -2.10. The van der Waals surface area contributed by atoms with Gasteiger partial charge in [-0.1, -0.05) is 0 Å². The Morgan fingerprint density at radius 3 is 2.86 bits per heavy atom. The third kappa shape index (κ3) is 3.46. The van der Waals surface area contributed by atoms with E-state index in [1.165, 1.54) is 17.0 Å². The molecular formula is C14H14FN3O4. The summed E-state index contributed by atoms with van der Waals surface area (Å²) < 4.78 is 13.0. The van der Waals surface area contributed by atoms with E-state index in [9.17, 15) is 24.1 Å². The molecule has 7 nitrogen and oxygen atoms in total. The van der Waals surface area contributed by atoms with Crippen molar-refractivity contribution in [2.75, 3.05) is 13.6 Å². The summed E-state index contributed by atoms with van der Waals surface area (Å²) in [5.41, 5.74) is -0.322. The van der Waals surface area contributed by atoms with E-state index >= 15 is 0 Å². The summed E-state index contributed by atoms with van der Waals surface area (Å²) in [7, 11) is 1.65. The van der Waals surface area contributed by atoms with E-state index in [0.29, 0.717) is 13.0 Å². The summed E-state index contributed by atoms with van der Waals surface area (Å²) >= 11 is 0. The van der Waals surface area contributed by atoms with Crippen LogP contribution in [0, 0.1) is 15.9 Å². The van der Waals surface area contributed by atoms with Crippen LogP contribution in [0.4, 0.5) is 10.1 Å². The number of hydrogen-bond donors (Lipinski definition) is 1. The molecule has 0 saturated carbocycles. The van der Waals surface area contributed by atoms with Crippen LogP contribution >= 0.6 is 0 Å². The number of hydrogen-bond acceptors (Lipinski definition) is 4. The van der Waals surface area contributed by atoms with Crippen LogP contribution in [0.15, 0.2) is 24.3 Å². The number of amides is 2. The highest BCUT2D eigenvalue weighted by molar-refractivity contribution is 5.96. The van der Waals surface area contributed by atoms with Crippen molar-refractivity contribution in [3.8, 4) is 0 Å². The SMILES string of the molecule is CN1CCC(NC(=O)C=Cc2ccc(F)cc2[N+](=O)[O-])C1=O. The van der Waals surface area contributed by atoms with Crippen LogP contribution in [0.1, 0.15) is 12.0 Å². The van der Waals surface area contributed by atoms with E-state index in [2.05, 4.69) is 5.32 Å². The molecule has 1 fully saturated rings. The number of nitrogens with zero attached hydrogens (tertiary/aromatic N) is 2. The number of nitrogens with one attached hydrogen (secondary N) is 1. The molecule has 2 amide bonds. The monoisotopic (exact) mass is 307 g/mol. The lowest BCUT2D eigenvalue weighted by Crippen LogP contribution is -2.39. The highest BCUT2D eigenvalue weighted by atomic mass is 19.1. The van der Waals surface area contributed by atoms with Gasteiger partial charge >= 0.3 is 0 Å². The molecule has 1 aromatic carbocycles. The van der Waals surface area contributed by atoms with Gasteiger partial charge in [0.15, 0.2) is 0 Å². The van der Waals surface area contributed by atoms with E-state index < -0.39 is 28.4 Å². The predicted molar refractivity (Wildman–Crippen MR) is 76.3 cm³/mol. The van der Waals surface area contributed by atoms with E-state index in [4.69, 9.17) is 0 Å². The van der Waals surface area contributed by atoms with Crippen molar-refractivity contribution in [1.82, 2.24) is 10.2 Å². The molecule has 1 aliphatic heterocycles. The molecule has 0 spiro atoms. The standard InChI is InChI=1S/C14H14FN3O4/c1-17-7-6-11(14(17)20)16-13(19)5-3-9-2-4-10(15)8-12(9)18(21)22/h2-5,8,11H,6-7H2,1H3,(H,16,19). The van der Waals surface area contributed by atoms with Crippen LogP contribution in [-0.4, -0.2) is 41.3 Å². The highest BCUT2D eigenvalue weighted by Crippen LogP contribution is 2.21. The molecule has 0 bridgehead atoms. The molecule has 1 heterocycles. The van der Waals surface area contributed by atoms with Gasteiger partial charge in [0.05, 0.1) is 16.6 Å². The number of nitro benzene ring substituents is 1. The molecule has 1 aromatic rings. The Labute approximate surface area is 125 Å². The molecule has 1 atom stereocenters. The Morgan fingerprint density at radius 1 is 1.55 bits per heavy atom. The van der Waals surface area contributed by atoms with Crippen molar-refractivity contribution >= 4 is 23.6 Å². The maximum absolute atomic E-state index is 13.0. The summed E-state index contributed by atoms with van der Waals surface area (Å²) in [6.45, 7) is 0.566. The molecule has 116 valence electrons. The van der Waals surface area contributed by atoms with Gasteiger partial charge in [-0.2, -0.15) is 0 Å². The van der Waals surface area contributed by atoms with E-state index in [0.717, 1.165) is 18.2 Å². The summed E-state index contributed by atoms with van der Waals surface area (Å²) in [6.07, 6.45) is 2.83. The van der Waals surface area contributed by atoms with Gasteiger partial charge in [0.1, 0.15) is 11.9 Å². The number of rotatable bonds is 4. The van der Waals surface area contributed by atoms with Crippen molar-refractivity contribution in [1.29, 1.82) is 0 Å². The van der Waals surface area contributed by atoms with Crippen LogP contribution in [0.2, 0.25) is 0 Å². The summed E-state index contributed by atoms with van der Waals surface area (Å²) in [5, 5.41) is 13.4. The third-order valence-electron chi connectivity index (χ3n) is 3.35. The van der Waals surface area contributed by atoms with Gasteiger partial charge in [-0.25, -0.2) is 4.39 Å². The van der Waals surface area contributed by atoms with E-state index in [-0.39, 0.29) is 11.5 Å². The Hall–Kier alpha value is -2.77. The first-order valence-corrected chi connectivity index (χ1v) is 6.56. The largest absolute Gasteiger partial charge is 0.344 e. The van der Waals surface area contributed by atoms with Crippen LogP contribution in [0.25, 0.3) is 6.08 Å². The minimum Gasteiger partial charge on any atom is -0.344 e. The first kappa shape index (κ1) is 15.6. The minimum absolute atomic E-state index is 0.108. The van der Waals surface area contributed by atoms with E-state index in [1.807, 2.05) is 0 Å². The van der Waals surface area contributed by atoms with Crippen molar-refractivity contribution in [3.63, 3.8) is 0 Å². The fourth-order valence-electron chi connectivity index (χ4n) is 2.16. The number of benzene rings is 1. The number of carbonyl (C=O) groups is 2. The summed E-state index contributed by atoms with van der Waals surface area (Å²) in [6, 6.07) is 2.49. The smallest absolute Gasteiger partial charge is 0.279 e. The molecule has 8 heteroatoms. The molecule has 22 heavy (non-hydrogen) atoms. The number of nitro groups is 1. The molecule has 2 rings (SSSR count). The number of likely N-dealkylation sites (tertiary alicyclic amines) is 1. The van der Waals surface area contributed by atoms with Crippen molar-refractivity contribution in [2.45, 2.75) is 12.5 Å². The number of halogens is 1. The van der Waals surface area contributed by atoms with Crippen molar-refractivity contribution < 1.29 is 18.9 Å². The average Bonchev–Trinajstić information content (AvgIpc) is 2.78. The number of likely N-dealkylation sites (N-methyl/N-ethyl adjacent to an activating group) is 1. The van der Waals surface area contributed by atoms with Gasteiger partial charge in [0, 0.05) is 19.7 Å². The van der Waals surface area contributed by atoms with Crippen LogP contribution in [0.5, 0.6) is 0 Å². The average molecular weight is 307 g/mol. The lowest BCUT2D eigenvalue weighted by molar-refractivity contribution is -0.385. The van der Waals surface area contributed by atoms with Crippen molar-refractivity contribution in [3.05, 3.63) is 45.8 Å². The minimum atomic E-state index is -0.729. The molecule has 0 radical (unpaired) electrons. The normalized spacial score (nSPS) is 18.0.